The van der Waals surface area contributed by atoms with Gasteiger partial charge >= 0.3 is 0 Å². The van der Waals surface area contributed by atoms with E-state index in [4.69, 9.17) is 4.74 Å². The molecule has 0 aromatic carbocycles. The number of ketones is 1. The lowest BCUT2D eigenvalue weighted by Crippen LogP contribution is -2.47. The first-order valence-electron chi connectivity index (χ1n) is 10.7. The number of nitro groups is 1. The first kappa shape index (κ1) is 19.8. The molecule has 0 aromatic rings. The number of ether oxygens (including phenoxy) is 1. The minimum Gasteiger partial charge on any atom is -0.367 e. The standard InChI is InChI=1S/C21H35NO4/c1-4-5-6-7-8-9-14(22(24)25)10-11-18(23)20-15-12-17-19(26-20)13-16(15)21(17,2)3/h14-17,19-20H,4-13H2,1-3H3. The normalized spacial score (nSPS) is 35.0. The van der Waals surface area contributed by atoms with E-state index in [1.165, 1.54) is 12.8 Å². The molecule has 6 atom stereocenters. The maximum atomic E-state index is 12.8. The summed E-state index contributed by atoms with van der Waals surface area (Å²) in [6.07, 6.45) is 8.87. The molecule has 5 nitrogen and oxygen atoms in total. The molecule has 2 heterocycles. The minimum atomic E-state index is -0.577. The number of fused-ring (bicyclic) bond motifs is 1. The summed E-state index contributed by atoms with van der Waals surface area (Å²) < 4.78 is 6.14. The highest BCUT2D eigenvalue weighted by molar-refractivity contribution is 5.84. The summed E-state index contributed by atoms with van der Waals surface area (Å²) in [5.41, 5.74) is 0.284. The lowest BCUT2D eigenvalue weighted by Gasteiger charge is -2.41. The third-order valence-corrected chi connectivity index (χ3v) is 7.58. The zero-order chi connectivity index (χ0) is 18.9. The number of carbonyl (C=O) groups excluding carboxylic acids is 1. The average Bonchev–Trinajstić information content (AvgIpc) is 2.98. The van der Waals surface area contributed by atoms with Gasteiger partial charge < -0.3 is 4.74 Å². The van der Waals surface area contributed by atoms with Crippen LogP contribution in [0.3, 0.4) is 0 Å². The number of hydrogen-bond acceptors (Lipinski definition) is 4. The van der Waals surface area contributed by atoms with Crippen molar-refractivity contribution >= 4 is 5.78 Å². The molecular weight excluding hydrogens is 330 g/mol. The Morgan fingerprint density at radius 1 is 1.15 bits per heavy atom. The van der Waals surface area contributed by atoms with Gasteiger partial charge in [0.1, 0.15) is 6.10 Å². The van der Waals surface area contributed by atoms with E-state index in [0.717, 1.165) is 32.1 Å². The highest BCUT2D eigenvalue weighted by atomic mass is 16.6. The zero-order valence-corrected chi connectivity index (χ0v) is 16.6. The van der Waals surface area contributed by atoms with E-state index in [0.29, 0.717) is 37.0 Å². The van der Waals surface area contributed by atoms with Crippen molar-refractivity contribution in [3.05, 3.63) is 10.1 Å². The zero-order valence-electron chi connectivity index (χ0n) is 16.6. The van der Waals surface area contributed by atoms with E-state index in [-0.39, 0.29) is 28.3 Å². The average molecular weight is 366 g/mol. The fourth-order valence-corrected chi connectivity index (χ4v) is 5.99. The molecule has 2 aliphatic carbocycles. The lowest BCUT2D eigenvalue weighted by atomic mass is 9.76. The van der Waals surface area contributed by atoms with Crippen LogP contribution < -0.4 is 0 Å². The van der Waals surface area contributed by atoms with Gasteiger partial charge in [-0.2, -0.15) is 0 Å². The number of rotatable bonds is 11. The minimum absolute atomic E-state index is 0.110. The number of nitrogens with zero attached hydrogens (tertiary/aromatic N) is 1. The molecule has 2 saturated heterocycles. The monoisotopic (exact) mass is 365 g/mol. The van der Waals surface area contributed by atoms with E-state index >= 15 is 0 Å². The van der Waals surface area contributed by atoms with Crippen LogP contribution >= 0.6 is 0 Å². The summed E-state index contributed by atoms with van der Waals surface area (Å²) in [6.45, 7) is 6.80. The van der Waals surface area contributed by atoms with E-state index in [1.807, 2.05) is 0 Å². The van der Waals surface area contributed by atoms with Crippen molar-refractivity contribution in [2.45, 2.75) is 103 Å². The quantitative estimate of drug-likeness (QED) is 0.300. The first-order chi connectivity index (χ1) is 12.4. The fourth-order valence-electron chi connectivity index (χ4n) is 5.99. The number of unbranched alkanes of at least 4 members (excludes halogenated alkanes) is 4. The highest BCUT2D eigenvalue weighted by Gasteiger charge is 2.65. The van der Waals surface area contributed by atoms with Gasteiger partial charge in [-0.05, 0) is 42.4 Å². The van der Waals surface area contributed by atoms with E-state index in [2.05, 4.69) is 20.8 Å². The molecule has 0 spiro atoms. The Kier molecular flexibility index (Phi) is 6.05. The maximum absolute atomic E-state index is 12.8. The van der Waals surface area contributed by atoms with Crippen molar-refractivity contribution in [2.24, 2.45) is 23.2 Å². The second-order valence-electron chi connectivity index (χ2n) is 9.41. The van der Waals surface area contributed by atoms with Crippen LogP contribution in [0.4, 0.5) is 0 Å². The van der Waals surface area contributed by atoms with Crippen molar-refractivity contribution in [3.63, 3.8) is 0 Å². The molecule has 2 aliphatic heterocycles. The van der Waals surface area contributed by atoms with Crippen LogP contribution in [0.25, 0.3) is 0 Å². The first-order valence-corrected chi connectivity index (χ1v) is 10.7. The summed E-state index contributed by atoms with van der Waals surface area (Å²) >= 11 is 0. The van der Waals surface area contributed by atoms with Crippen LogP contribution in [0, 0.1) is 33.3 Å². The summed E-state index contributed by atoms with van der Waals surface area (Å²) in [5.74, 6) is 1.63. The predicted molar refractivity (Wildman–Crippen MR) is 101 cm³/mol. The molecule has 0 amide bonds. The largest absolute Gasteiger partial charge is 0.367 e. The summed E-state index contributed by atoms with van der Waals surface area (Å²) in [4.78, 5) is 23.9. The van der Waals surface area contributed by atoms with Gasteiger partial charge in [0, 0.05) is 24.2 Å². The molecular formula is C21H35NO4. The molecule has 5 heteroatoms. The third kappa shape index (κ3) is 3.69. The van der Waals surface area contributed by atoms with E-state index in [1.54, 1.807) is 0 Å². The summed E-state index contributed by atoms with van der Waals surface area (Å²) in [6, 6.07) is -0.577. The van der Waals surface area contributed by atoms with Crippen molar-refractivity contribution in [3.8, 4) is 0 Å². The lowest BCUT2D eigenvalue weighted by molar-refractivity contribution is -0.524. The third-order valence-electron chi connectivity index (χ3n) is 7.58. The second kappa shape index (κ2) is 7.95. The van der Waals surface area contributed by atoms with E-state index in [9.17, 15) is 14.9 Å². The van der Waals surface area contributed by atoms with Crippen molar-refractivity contribution in [1.29, 1.82) is 0 Å². The van der Waals surface area contributed by atoms with Crippen LogP contribution in [0.15, 0.2) is 0 Å². The topological polar surface area (TPSA) is 69.4 Å². The molecule has 0 N–H and O–H groups in total. The molecule has 4 bridgehead atoms. The Morgan fingerprint density at radius 2 is 1.88 bits per heavy atom. The van der Waals surface area contributed by atoms with Gasteiger partial charge in [-0.25, -0.2) is 0 Å². The molecule has 2 saturated carbocycles. The summed E-state index contributed by atoms with van der Waals surface area (Å²) in [7, 11) is 0. The Balaban J connectivity index is 1.47. The maximum Gasteiger partial charge on any atom is 0.213 e. The van der Waals surface area contributed by atoms with Crippen LogP contribution in [0.5, 0.6) is 0 Å². The molecule has 6 unspecified atom stereocenters. The predicted octanol–water partition coefficient (Wildman–Crippen LogP) is 4.79. The Morgan fingerprint density at radius 3 is 2.46 bits per heavy atom. The van der Waals surface area contributed by atoms with Gasteiger partial charge in [0.15, 0.2) is 5.78 Å². The molecule has 4 aliphatic rings. The highest BCUT2D eigenvalue weighted by Crippen LogP contribution is 2.65. The molecule has 0 aromatic heterocycles. The smallest absolute Gasteiger partial charge is 0.213 e. The van der Waals surface area contributed by atoms with Crippen LogP contribution in [-0.4, -0.2) is 29.0 Å². The molecule has 4 fully saturated rings. The van der Waals surface area contributed by atoms with Crippen molar-refractivity contribution in [1.82, 2.24) is 0 Å². The van der Waals surface area contributed by atoms with Gasteiger partial charge in [-0.3, -0.25) is 14.9 Å². The molecule has 0 radical (unpaired) electrons. The van der Waals surface area contributed by atoms with Crippen LogP contribution in [0.2, 0.25) is 0 Å². The van der Waals surface area contributed by atoms with Crippen molar-refractivity contribution in [2.75, 3.05) is 0 Å². The van der Waals surface area contributed by atoms with Gasteiger partial charge in [0.2, 0.25) is 6.04 Å². The molecule has 4 rings (SSSR count). The number of Topliss-reactive ketones (excluding diaryl/α,β-unsaturated/α-hetero) is 1. The van der Waals surface area contributed by atoms with Gasteiger partial charge in [0.05, 0.1) is 6.10 Å². The molecule has 148 valence electrons. The van der Waals surface area contributed by atoms with Gasteiger partial charge in [0.25, 0.3) is 0 Å². The fraction of sp³-hybridized carbons (Fsp3) is 0.952. The molecule has 26 heavy (non-hydrogen) atoms. The van der Waals surface area contributed by atoms with Crippen LogP contribution in [0.1, 0.15) is 85.0 Å². The second-order valence-corrected chi connectivity index (χ2v) is 9.41. The SMILES string of the molecule is CCCCCCCC(CCC(=O)C1OC2CC3C1CC2C3(C)C)[N+](=O)[O-]. The van der Waals surface area contributed by atoms with E-state index < -0.39 is 6.04 Å². The Labute approximate surface area is 157 Å². The van der Waals surface area contributed by atoms with Crippen LogP contribution in [-0.2, 0) is 9.53 Å². The number of hydrogen-bond donors (Lipinski definition) is 0. The Hall–Kier alpha value is -0.970. The summed E-state index contributed by atoms with van der Waals surface area (Å²) in [5, 5.41) is 11.3. The van der Waals surface area contributed by atoms with Gasteiger partial charge in [-0.1, -0.05) is 46.5 Å². The number of carbonyl (C=O) groups is 1. The van der Waals surface area contributed by atoms with Gasteiger partial charge in [-0.15, -0.1) is 0 Å². The van der Waals surface area contributed by atoms with Crippen molar-refractivity contribution < 1.29 is 14.5 Å². The Bertz CT molecular complexity index is 532.